The minimum atomic E-state index is -3.68. The number of sulfonamides is 1. The fraction of sp³-hybridized carbons (Fsp3) is 0.429. The van der Waals surface area contributed by atoms with Crippen LogP contribution in [0, 0.1) is 0 Å². The SMILES string of the molecule is CCC(C)(CCO)NS(=O)(=O)c1c[nH]c2cc(N)ccc12. The molecule has 1 unspecified atom stereocenters. The fourth-order valence-electron chi connectivity index (χ4n) is 2.27. The van der Waals surface area contributed by atoms with Gasteiger partial charge in [-0.1, -0.05) is 6.92 Å². The van der Waals surface area contributed by atoms with E-state index in [4.69, 9.17) is 10.8 Å². The second-order valence-electron chi connectivity index (χ2n) is 5.45. The molecule has 6 nitrogen and oxygen atoms in total. The van der Waals surface area contributed by atoms with E-state index in [1.54, 1.807) is 25.1 Å². The van der Waals surface area contributed by atoms with Crippen LogP contribution in [-0.4, -0.2) is 30.7 Å². The third-order valence-corrected chi connectivity index (χ3v) is 5.46. The molecule has 2 aromatic rings. The van der Waals surface area contributed by atoms with Crippen molar-refractivity contribution >= 4 is 26.6 Å². The van der Waals surface area contributed by atoms with Crippen molar-refractivity contribution in [2.24, 2.45) is 0 Å². The first kappa shape index (κ1) is 15.8. The molecule has 1 aromatic carbocycles. The van der Waals surface area contributed by atoms with Gasteiger partial charge in [0.2, 0.25) is 10.0 Å². The Morgan fingerprint density at radius 2 is 2.14 bits per heavy atom. The lowest BCUT2D eigenvalue weighted by molar-refractivity contribution is 0.233. The molecule has 0 saturated heterocycles. The van der Waals surface area contributed by atoms with Gasteiger partial charge in [-0.3, -0.25) is 0 Å². The zero-order valence-corrected chi connectivity index (χ0v) is 13.0. The molecule has 0 radical (unpaired) electrons. The predicted octanol–water partition coefficient (Wildman–Crippen LogP) is 1.58. The van der Waals surface area contributed by atoms with Crippen molar-refractivity contribution in [3.05, 3.63) is 24.4 Å². The minimum absolute atomic E-state index is 0.0721. The van der Waals surface area contributed by atoms with Crippen LogP contribution >= 0.6 is 0 Å². The van der Waals surface area contributed by atoms with Gasteiger partial charge in [0.25, 0.3) is 0 Å². The number of anilines is 1. The maximum Gasteiger partial charge on any atom is 0.243 e. The molecule has 0 spiro atoms. The molecule has 0 bridgehead atoms. The van der Waals surface area contributed by atoms with E-state index >= 15 is 0 Å². The average Bonchev–Trinajstić information content (AvgIpc) is 2.82. The second-order valence-corrected chi connectivity index (χ2v) is 7.10. The van der Waals surface area contributed by atoms with Gasteiger partial charge in [0.1, 0.15) is 4.90 Å². The lowest BCUT2D eigenvalue weighted by Crippen LogP contribution is -2.45. The first-order chi connectivity index (χ1) is 9.81. The smallest absolute Gasteiger partial charge is 0.243 e. The largest absolute Gasteiger partial charge is 0.399 e. The molecule has 7 heteroatoms. The summed E-state index contributed by atoms with van der Waals surface area (Å²) in [4.78, 5) is 3.11. The molecule has 0 aliphatic carbocycles. The van der Waals surface area contributed by atoms with E-state index in [2.05, 4.69) is 9.71 Å². The molecule has 1 heterocycles. The molecule has 1 atom stereocenters. The van der Waals surface area contributed by atoms with Gasteiger partial charge in [-0.25, -0.2) is 13.1 Å². The monoisotopic (exact) mass is 311 g/mol. The third-order valence-electron chi connectivity index (χ3n) is 3.78. The average molecular weight is 311 g/mol. The van der Waals surface area contributed by atoms with Crippen molar-refractivity contribution in [3.8, 4) is 0 Å². The molecule has 21 heavy (non-hydrogen) atoms. The Balaban J connectivity index is 2.42. The number of nitrogens with two attached hydrogens (primary N) is 1. The van der Waals surface area contributed by atoms with E-state index in [1.807, 2.05) is 6.92 Å². The van der Waals surface area contributed by atoms with Crippen molar-refractivity contribution in [2.75, 3.05) is 12.3 Å². The van der Waals surface area contributed by atoms with Gasteiger partial charge >= 0.3 is 0 Å². The topological polar surface area (TPSA) is 108 Å². The summed E-state index contributed by atoms with van der Waals surface area (Å²) < 4.78 is 27.9. The Labute approximate surface area is 124 Å². The van der Waals surface area contributed by atoms with Crippen molar-refractivity contribution < 1.29 is 13.5 Å². The van der Waals surface area contributed by atoms with Crippen LogP contribution in [0.4, 0.5) is 5.69 Å². The molecule has 116 valence electrons. The normalized spacial score (nSPS) is 15.2. The molecule has 0 aliphatic rings. The molecule has 0 saturated carbocycles. The molecule has 0 aliphatic heterocycles. The number of nitrogen functional groups attached to an aromatic ring is 1. The summed E-state index contributed by atoms with van der Waals surface area (Å²) in [5, 5.41) is 9.70. The molecule has 2 rings (SSSR count). The van der Waals surface area contributed by atoms with E-state index in [-0.39, 0.29) is 11.5 Å². The number of benzene rings is 1. The highest BCUT2D eigenvalue weighted by molar-refractivity contribution is 7.89. The van der Waals surface area contributed by atoms with Gasteiger partial charge in [0.05, 0.1) is 0 Å². The van der Waals surface area contributed by atoms with Crippen LogP contribution < -0.4 is 10.5 Å². The van der Waals surface area contributed by atoms with E-state index in [0.29, 0.717) is 29.4 Å². The summed E-state index contributed by atoms with van der Waals surface area (Å²) >= 11 is 0. The van der Waals surface area contributed by atoms with Gasteiger partial charge in [-0.2, -0.15) is 0 Å². The maximum absolute atomic E-state index is 12.6. The number of aromatic amines is 1. The molecule has 0 amide bonds. The summed E-state index contributed by atoms with van der Waals surface area (Å²) in [5.74, 6) is 0. The number of nitrogens with one attached hydrogen (secondary N) is 2. The Morgan fingerprint density at radius 1 is 1.43 bits per heavy atom. The van der Waals surface area contributed by atoms with Crippen LogP contribution in [0.15, 0.2) is 29.3 Å². The molecule has 1 aromatic heterocycles. The number of H-pyrrole nitrogens is 1. The van der Waals surface area contributed by atoms with Gasteiger partial charge in [-0.15, -0.1) is 0 Å². The highest BCUT2D eigenvalue weighted by atomic mass is 32.2. The number of hydrogen-bond acceptors (Lipinski definition) is 4. The fourth-order valence-corrected chi connectivity index (χ4v) is 3.95. The summed E-state index contributed by atoms with van der Waals surface area (Å²) in [6.45, 7) is 3.60. The van der Waals surface area contributed by atoms with Crippen molar-refractivity contribution in [1.29, 1.82) is 0 Å². The van der Waals surface area contributed by atoms with Crippen LogP contribution in [0.1, 0.15) is 26.7 Å². The molecule has 0 fully saturated rings. The highest BCUT2D eigenvalue weighted by Gasteiger charge is 2.30. The summed E-state index contributed by atoms with van der Waals surface area (Å²) in [6, 6.07) is 5.05. The maximum atomic E-state index is 12.6. The van der Waals surface area contributed by atoms with Gasteiger partial charge < -0.3 is 15.8 Å². The summed E-state index contributed by atoms with van der Waals surface area (Å²) in [7, 11) is -3.68. The Bertz CT molecular complexity index is 739. The van der Waals surface area contributed by atoms with Gasteiger partial charge in [-0.05, 0) is 38.0 Å². The van der Waals surface area contributed by atoms with E-state index in [9.17, 15) is 8.42 Å². The summed E-state index contributed by atoms with van der Waals surface area (Å²) in [5.41, 5.74) is 6.26. The first-order valence-electron chi connectivity index (χ1n) is 6.83. The van der Waals surface area contributed by atoms with Crippen LogP contribution in [0.5, 0.6) is 0 Å². The van der Waals surface area contributed by atoms with E-state index in [0.717, 1.165) is 0 Å². The zero-order chi connectivity index (χ0) is 15.7. The van der Waals surface area contributed by atoms with Gasteiger partial charge in [0, 0.05) is 34.9 Å². The Kier molecular flexibility index (Phi) is 4.27. The summed E-state index contributed by atoms with van der Waals surface area (Å²) in [6.07, 6.45) is 2.40. The number of hydrogen-bond donors (Lipinski definition) is 4. The standard InChI is InChI=1S/C14H21N3O3S/c1-3-14(2,6-7-18)17-21(19,20)13-9-16-12-8-10(15)4-5-11(12)13/h4-5,8-9,16-18H,3,6-7,15H2,1-2H3. The number of fused-ring (bicyclic) bond motifs is 1. The molecule has 5 N–H and O–H groups in total. The number of aliphatic hydroxyl groups excluding tert-OH is 1. The van der Waals surface area contributed by atoms with Crippen LogP contribution in [0.2, 0.25) is 0 Å². The van der Waals surface area contributed by atoms with Crippen LogP contribution in [0.25, 0.3) is 10.9 Å². The lowest BCUT2D eigenvalue weighted by Gasteiger charge is -2.28. The van der Waals surface area contributed by atoms with E-state index < -0.39 is 15.6 Å². The first-order valence-corrected chi connectivity index (χ1v) is 8.31. The van der Waals surface area contributed by atoms with Crippen molar-refractivity contribution in [3.63, 3.8) is 0 Å². The van der Waals surface area contributed by atoms with Crippen LogP contribution in [-0.2, 0) is 10.0 Å². The van der Waals surface area contributed by atoms with E-state index in [1.165, 1.54) is 6.20 Å². The number of aliphatic hydroxyl groups is 1. The zero-order valence-electron chi connectivity index (χ0n) is 12.2. The molecular weight excluding hydrogens is 290 g/mol. The highest BCUT2D eigenvalue weighted by Crippen LogP contribution is 2.26. The second kappa shape index (κ2) is 5.67. The predicted molar refractivity (Wildman–Crippen MR) is 83.4 cm³/mol. The van der Waals surface area contributed by atoms with Gasteiger partial charge in [0.15, 0.2) is 0 Å². The van der Waals surface area contributed by atoms with Crippen LogP contribution in [0.3, 0.4) is 0 Å². The Morgan fingerprint density at radius 3 is 2.76 bits per heavy atom. The molecular formula is C14H21N3O3S. The minimum Gasteiger partial charge on any atom is -0.399 e. The van der Waals surface area contributed by atoms with Crippen molar-refractivity contribution in [1.82, 2.24) is 9.71 Å². The lowest BCUT2D eigenvalue weighted by atomic mass is 9.97. The number of rotatable bonds is 6. The Hall–Kier alpha value is -1.57. The quantitative estimate of drug-likeness (QED) is 0.607. The third kappa shape index (κ3) is 3.20. The van der Waals surface area contributed by atoms with Crippen molar-refractivity contribution in [2.45, 2.75) is 37.1 Å². The number of aromatic nitrogens is 1.